The summed E-state index contributed by atoms with van der Waals surface area (Å²) in [4.78, 5) is 12.5. The molecule has 0 aromatic heterocycles. The van der Waals surface area contributed by atoms with Crippen LogP contribution in [0.1, 0.15) is 16.8 Å². The second-order valence-electron chi connectivity index (χ2n) is 5.01. The van der Waals surface area contributed by atoms with Gasteiger partial charge in [0.25, 0.3) is 5.91 Å². The maximum atomic E-state index is 12.9. The molecular formula is C17H16FNO4. The van der Waals surface area contributed by atoms with Gasteiger partial charge in [-0.15, -0.1) is 0 Å². The van der Waals surface area contributed by atoms with E-state index in [1.807, 2.05) is 0 Å². The number of methoxy groups -OCH3 is 1. The van der Waals surface area contributed by atoms with Crippen LogP contribution >= 0.6 is 0 Å². The van der Waals surface area contributed by atoms with E-state index in [9.17, 15) is 9.18 Å². The molecule has 1 heterocycles. The summed E-state index contributed by atoms with van der Waals surface area (Å²) in [6, 6.07) is 8.77. The largest absolute Gasteiger partial charge is 0.496 e. The van der Waals surface area contributed by atoms with Crippen LogP contribution in [-0.4, -0.2) is 26.2 Å². The van der Waals surface area contributed by atoms with E-state index in [-0.39, 0.29) is 11.7 Å². The van der Waals surface area contributed by atoms with Gasteiger partial charge in [-0.2, -0.15) is 0 Å². The van der Waals surface area contributed by atoms with Crippen molar-refractivity contribution in [1.82, 2.24) is 0 Å². The molecule has 23 heavy (non-hydrogen) atoms. The van der Waals surface area contributed by atoms with Crippen LogP contribution in [0.4, 0.5) is 10.1 Å². The number of carbonyl (C=O) groups is 1. The minimum atomic E-state index is -0.371. The number of fused-ring (bicyclic) bond motifs is 1. The molecule has 0 aliphatic carbocycles. The van der Waals surface area contributed by atoms with E-state index in [1.54, 1.807) is 12.1 Å². The van der Waals surface area contributed by atoms with Crippen molar-refractivity contribution in [2.24, 2.45) is 0 Å². The van der Waals surface area contributed by atoms with Gasteiger partial charge in [0.2, 0.25) is 0 Å². The van der Waals surface area contributed by atoms with Crippen LogP contribution in [0.2, 0.25) is 0 Å². The molecule has 0 atom stereocenters. The molecule has 1 amide bonds. The fourth-order valence-electron chi connectivity index (χ4n) is 2.27. The van der Waals surface area contributed by atoms with Gasteiger partial charge in [0.15, 0.2) is 11.5 Å². The molecule has 0 radical (unpaired) electrons. The first-order valence-electron chi connectivity index (χ1n) is 7.22. The van der Waals surface area contributed by atoms with E-state index < -0.39 is 0 Å². The molecule has 0 fully saturated rings. The molecule has 5 nitrogen and oxygen atoms in total. The zero-order chi connectivity index (χ0) is 16.2. The fourth-order valence-corrected chi connectivity index (χ4v) is 2.27. The lowest BCUT2D eigenvalue weighted by Gasteiger charge is -2.14. The van der Waals surface area contributed by atoms with E-state index in [0.717, 1.165) is 6.42 Å². The summed E-state index contributed by atoms with van der Waals surface area (Å²) in [6.45, 7) is 1.08. The molecule has 0 saturated heterocycles. The van der Waals surface area contributed by atoms with Gasteiger partial charge in [-0.05, 0) is 24.3 Å². The minimum absolute atomic E-state index is 0.320. The molecule has 3 rings (SSSR count). The van der Waals surface area contributed by atoms with E-state index in [2.05, 4.69) is 5.32 Å². The first kappa shape index (κ1) is 15.1. The molecule has 0 spiro atoms. The Labute approximate surface area is 133 Å². The normalized spacial score (nSPS) is 13.1. The van der Waals surface area contributed by atoms with Crippen molar-refractivity contribution >= 4 is 11.6 Å². The van der Waals surface area contributed by atoms with E-state index >= 15 is 0 Å². The van der Waals surface area contributed by atoms with Gasteiger partial charge in [-0.3, -0.25) is 4.79 Å². The summed E-state index contributed by atoms with van der Waals surface area (Å²) in [5, 5.41) is 2.70. The van der Waals surface area contributed by atoms with E-state index in [0.29, 0.717) is 41.7 Å². The monoisotopic (exact) mass is 317 g/mol. The van der Waals surface area contributed by atoms with Gasteiger partial charge in [-0.25, -0.2) is 4.39 Å². The molecule has 1 aliphatic rings. The zero-order valence-electron chi connectivity index (χ0n) is 12.6. The minimum Gasteiger partial charge on any atom is -0.496 e. The lowest BCUT2D eigenvalue weighted by molar-refractivity contribution is 0.102. The Morgan fingerprint density at radius 1 is 1.13 bits per heavy atom. The highest BCUT2D eigenvalue weighted by Gasteiger charge is 2.20. The van der Waals surface area contributed by atoms with Gasteiger partial charge >= 0.3 is 0 Å². The summed E-state index contributed by atoms with van der Waals surface area (Å²) >= 11 is 0. The van der Waals surface area contributed by atoms with Gasteiger partial charge in [0.1, 0.15) is 11.6 Å². The molecule has 6 heteroatoms. The predicted molar refractivity (Wildman–Crippen MR) is 83.0 cm³/mol. The van der Waals surface area contributed by atoms with Gasteiger partial charge in [0.05, 0.1) is 25.9 Å². The van der Waals surface area contributed by atoms with Gasteiger partial charge < -0.3 is 19.5 Å². The Morgan fingerprint density at radius 3 is 2.43 bits per heavy atom. The van der Waals surface area contributed by atoms with Crippen molar-refractivity contribution in [2.75, 3.05) is 25.6 Å². The highest BCUT2D eigenvalue weighted by molar-refractivity contribution is 6.06. The fraction of sp³-hybridized carbons (Fsp3) is 0.235. The standard InChI is InChI=1S/C17H16FNO4/c1-21-14-10-16-15(22-7-2-8-23-16)9-13(14)17(20)19-12-5-3-11(18)4-6-12/h3-6,9-10H,2,7-8H2,1H3,(H,19,20). The van der Waals surface area contributed by atoms with Crippen molar-refractivity contribution < 1.29 is 23.4 Å². The van der Waals surface area contributed by atoms with Crippen molar-refractivity contribution in [3.05, 3.63) is 47.8 Å². The average Bonchev–Trinajstić information content (AvgIpc) is 2.80. The number of ether oxygens (including phenoxy) is 3. The number of hydrogen-bond donors (Lipinski definition) is 1. The van der Waals surface area contributed by atoms with Gasteiger partial charge in [0, 0.05) is 24.2 Å². The average molecular weight is 317 g/mol. The van der Waals surface area contributed by atoms with Crippen molar-refractivity contribution in [1.29, 1.82) is 0 Å². The van der Waals surface area contributed by atoms with Crippen LogP contribution in [0.15, 0.2) is 36.4 Å². The second-order valence-corrected chi connectivity index (χ2v) is 5.01. The first-order valence-corrected chi connectivity index (χ1v) is 7.22. The third-order valence-corrected chi connectivity index (χ3v) is 3.42. The number of carbonyl (C=O) groups excluding carboxylic acids is 1. The van der Waals surface area contributed by atoms with Crippen LogP contribution in [-0.2, 0) is 0 Å². The molecule has 120 valence electrons. The van der Waals surface area contributed by atoms with Crippen LogP contribution in [0, 0.1) is 5.82 Å². The molecule has 0 saturated carbocycles. The summed E-state index contributed by atoms with van der Waals surface area (Å²) in [5.41, 5.74) is 0.812. The highest BCUT2D eigenvalue weighted by Crippen LogP contribution is 2.36. The molecular weight excluding hydrogens is 301 g/mol. The Morgan fingerprint density at radius 2 is 1.78 bits per heavy atom. The maximum absolute atomic E-state index is 12.9. The predicted octanol–water partition coefficient (Wildman–Crippen LogP) is 3.25. The van der Waals surface area contributed by atoms with Crippen LogP contribution in [0.25, 0.3) is 0 Å². The van der Waals surface area contributed by atoms with E-state index in [1.165, 1.54) is 31.4 Å². The number of benzene rings is 2. The van der Waals surface area contributed by atoms with Gasteiger partial charge in [-0.1, -0.05) is 0 Å². The number of nitrogens with one attached hydrogen (secondary N) is 1. The quantitative estimate of drug-likeness (QED) is 0.944. The number of amides is 1. The molecule has 0 bridgehead atoms. The van der Waals surface area contributed by atoms with Crippen LogP contribution < -0.4 is 19.5 Å². The van der Waals surface area contributed by atoms with Crippen LogP contribution in [0.5, 0.6) is 17.2 Å². The zero-order valence-corrected chi connectivity index (χ0v) is 12.6. The number of halogens is 1. The molecule has 2 aromatic carbocycles. The maximum Gasteiger partial charge on any atom is 0.259 e. The Bertz CT molecular complexity index is 715. The first-order chi connectivity index (χ1) is 11.2. The van der Waals surface area contributed by atoms with Crippen molar-refractivity contribution in [2.45, 2.75) is 6.42 Å². The number of anilines is 1. The summed E-state index contributed by atoms with van der Waals surface area (Å²) in [6.07, 6.45) is 0.772. The third-order valence-electron chi connectivity index (χ3n) is 3.42. The summed E-state index contributed by atoms with van der Waals surface area (Å²) in [5.74, 6) is 0.708. The molecule has 2 aromatic rings. The second kappa shape index (κ2) is 6.56. The Balaban J connectivity index is 1.89. The lowest BCUT2D eigenvalue weighted by Crippen LogP contribution is -2.13. The van der Waals surface area contributed by atoms with Crippen molar-refractivity contribution in [3.8, 4) is 17.2 Å². The smallest absolute Gasteiger partial charge is 0.259 e. The molecule has 1 aliphatic heterocycles. The summed E-state index contributed by atoms with van der Waals surface area (Å²) < 4.78 is 29.4. The number of rotatable bonds is 3. The SMILES string of the molecule is COc1cc2c(cc1C(=O)Nc1ccc(F)cc1)OCCCO2. The Kier molecular flexibility index (Phi) is 4.32. The summed E-state index contributed by atoms with van der Waals surface area (Å²) in [7, 11) is 1.48. The van der Waals surface area contributed by atoms with Crippen molar-refractivity contribution in [3.63, 3.8) is 0 Å². The lowest BCUT2D eigenvalue weighted by atomic mass is 10.1. The molecule has 1 N–H and O–H groups in total. The number of hydrogen-bond acceptors (Lipinski definition) is 4. The highest BCUT2D eigenvalue weighted by atomic mass is 19.1. The molecule has 0 unspecified atom stereocenters. The Hall–Kier alpha value is -2.76. The third kappa shape index (κ3) is 3.36. The van der Waals surface area contributed by atoms with E-state index in [4.69, 9.17) is 14.2 Å². The topological polar surface area (TPSA) is 56.8 Å². The van der Waals surface area contributed by atoms with Crippen LogP contribution in [0.3, 0.4) is 0 Å².